The molecule has 1 N–H and O–H groups in total. The molecule has 1 aromatic rings. The molecule has 0 aliphatic heterocycles. The Labute approximate surface area is 118 Å². The SMILES string of the molecule is C=CCC(N[S+]([O-])C(C)(C)C)c1ccccc1Cl. The van der Waals surface area contributed by atoms with Crippen LogP contribution < -0.4 is 4.72 Å². The van der Waals surface area contributed by atoms with Gasteiger partial charge < -0.3 is 4.55 Å². The number of hydrogen-bond donors (Lipinski definition) is 1. The smallest absolute Gasteiger partial charge is 0.136 e. The van der Waals surface area contributed by atoms with E-state index in [1.165, 1.54) is 0 Å². The van der Waals surface area contributed by atoms with Gasteiger partial charge in [-0.1, -0.05) is 35.9 Å². The van der Waals surface area contributed by atoms with Gasteiger partial charge >= 0.3 is 0 Å². The van der Waals surface area contributed by atoms with Gasteiger partial charge in [0.2, 0.25) is 0 Å². The topological polar surface area (TPSA) is 35.1 Å². The quantitative estimate of drug-likeness (QED) is 0.655. The molecule has 0 aliphatic rings. The molecule has 0 bridgehead atoms. The number of nitrogens with one attached hydrogen (secondary N) is 1. The first-order valence-electron chi connectivity index (χ1n) is 5.89. The van der Waals surface area contributed by atoms with E-state index in [2.05, 4.69) is 11.3 Å². The molecule has 0 aromatic heterocycles. The van der Waals surface area contributed by atoms with E-state index in [1.807, 2.05) is 45.0 Å². The van der Waals surface area contributed by atoms with Crippen molar-refractivity contribution in [1.82, 2.24) is 4.72 Å². The zero-order chi connectivity index (χ0) is 13.8. The van der Waals surface area contributed by atoms with Gasteiger partial charge in [-0.25, -0.2) is 0 Å². The van der Waals surface area contributed by atoms with E-state index in [0.29, 0.717) is 11.4 Å². The first-order valence-corrected chi connectivity index (χ1v) is 7.42. The highest BCUT2D eigenvalue weighted by Gasteiger charge is 2.29. The second kappa shape index (κ2) is 6.62. The summed E-state index contributed by atoms with van der Waals surface area (Å²) in [6.07, 6.45) is 2.49. The lowest BCUT2D eigenvalue weighted by atomic mass is 10.1. The third kappa shape index (κ3) is 4.32. The average Bonchev–Trinajstić information content (AvgIpc) is 2.28. The Kier molecular flexibility index (Phi) is 5.73. The molecule has 4 heteroatoms. The van der Waals surface area contributed by atoms with Crippen LogP contribution in [0.2, 0.25) is 5.02 Å². The van der Waals surface area contributed by atoms with E-state index in [4.69, 9.17) is 11.6 Å². The summed E-state index contributed by atoms with van der Waals surface area (Å²) in [7, 11) is 0. The molecule has 0 saturated heterocycles. The molecule has 1 aromatic carbocycles. The van der Waals surface area contributed by atoms with Crippen LogP contribution in [0.15, 0.2) is 36.9 Å². The molecular weight excluding hydrogens is 266 g/mol. The molecule has 0 aliphatic carbocycles. The van der Waals surface area contributed by atoms with Crippen molar-refractivity contribution in [2.24, 2.45) is 0 Å². The highest BCUT2D eigenvalue weighted by Crippen LogP contribution is 2.27. The zero-order valence-electron chi connectivity index (χ0n) is 11.1. The van der Waals surface area contributed by atoms with Gasteiger partial charge in [0.25, 0.3) is 0 Å². The van der Waals surface area contributed by atoms with E-state index >= 15 is 0 Å². The van der Waals surface area contributed by atoms with Gasteiger partial charge in [-0.2, -0.15) is 0 Å². The maximum Gasteiger partial charge on any atom is 0.136 e. The monoisotopic (exact) mass is 285 g/mol. The zero-order valence-corrected chi connectivity index (χ0v) is 12.6. The summed E-state index contributed by atoms with van der Waals surface area (Å²) < 4.78 is 15.0. The van der Waals surface area contributed by atoms with E-state index in [-0.39, 0.29) is 10.8 Å². The summed E-state index contributed by atoms with van der Waals surface area (Å²) >= 11 is 5.05. The van der Waals surface area contributed by atoms with Crippen LogP contribution in [0.25, 0.3) is 0 Å². The maximum absolute atomic E-state index is 12.2. The number of halogens is 1. The van der Waals surface area contributed by atoms with Crippen molar-refractivity contribution in [2.45, 2.75) is 38.0 Å². The summed E-state index contributed by atoms with van der Waals surface area (Å²) in [5.74, 6) is 0. The van der Waals surface area contributed by atoms with Crippen LogP contribution in [0.1, 0.15) is 38.8 Å². The van der Waals surface area contributed by atoms with Crippen LogP contribution in [0.4, 0.5) is 0 Å². The lowest BCUT2D eigenvalue weighted by Gasteiger charge is -2.28. The van der Waals surface area contributed by atoms with Crippen LogP contribution in [-0.4, -0.2) is 9.30 Å². The summed E-state index contributed by atoms with van der Waals surface area (Å²) in [6.45, 7) is 9.56. The van der Waals surface area contributed by atoms with Gasteiger partial charge in [0.1, 0.15) is 4.75 Å². The molecule has 0 saturated carbocycles. The van der Waals surface area contributed by atoms with Crippen molar-refractivity contribution in [3.05, 3.63) is 47.5 Å². The van der Waals surface area contributed by atoms with Crippen molar-refractivity contribution < 1.29 is 4.55 Å². The molecule has 18 heavy (non-hydrogen) atoms. The predicted molar refractivity (Wildman–Crippen MR) is 80.0 cm³/mol. The van der Waals surface area contributed by atoms with Crippen molar-refractivity contribution >= 4 is 23.0 Å². The van der Waals surface area contributed by atoms with Crippen molar-refractivity contribution in [3.8, 4) is 0 Å². The minimum atomic E-state index is -1.13. The molecule has 0 heterocycles. The molecule has 2 nitrogen and oxygen atoms in total. The minimum Gasteiger partial charge on any atom is -0.598 e. The Hall–Kier alpha value is -0.480. The molecule has 1 rings (SSSR count). The molecule has 2 atom stereocenters. The highest BCUT2D eigenvalue weighted by molar-refractivity contribution is 7.90. The number of hydrogen-bond acceptors (Lipinski definition) is 2. The number of rotatable bonds is 5. The van der Waals surface area contributed by atoms with Crippen LogP contribution in [0.5, 0.6) is 0 Å². The molecule has 2 unspecified atom stereocenters. The molecule has 0 radical (unpaired) electrons. The van der Waals surface area contributed by atoms with Crippen LogP contribution >= 0.6 is 11.6 Å². The third-order valence-corrected chi connectivity index (χ3v) is 4.44. The molecule has 0 amide bonds. The molecule has 0 fully saturated rings. The van der Waals surface area contributed by atoms with Gasteiger partial charge in [0, 0.05) is 16.4 Å². The fourth-order valence-electron chi connectivity index (χ4n) is 1.47. The van der Waals surface area contributed by atoms with Crippen LogP contribution in [0.3, 0.4) is 0 Å². The highest BCUT2D eigenvalue weighted by atomic mass is 35.5. The molecule has 100 valence electrons. The van der Waals surface area contributed by atoms with Gasteiger partial charge in [-0.3, -0.25) is 0 Å². The van der Waals surface area contributed by atoms with E-state index in [1.54, 1.807) is 6.08 Å². The van der Waals surface area contributed by atoms with E-state index < -0.39 is 11.4 Å². The van der Waals surface area contributed by atoms with Gasteiger partial charge in [-0.15, -0.1) is 11.3 Å². The second-order valence-corrected chi connectivity index (χ2v) is 7.50. The first kappa shape index (κ1) is 15.6. The second-order valence-electron chi connectivity index (χ2n) is 5.10. The van der Waals surface area contributed by atoms with Crippen molar-refractivity contribution in [1.29, 1.82) is 0 Å². The Bertz CT molecular complexity index is 403. The van der Waals surface area contributed by atoms with Gasteiger partial charge in [-0.05, 0) is 38.8 Å². The lowest BCUT2D eigenvalue weighted by Crippen LogP contribution is -2.41. The summed E-state index contributed by atoms with van der Waals surface area (Å²) in [5.41, 5.74) is 0.955. The summed E-state index contributed by atoms with van der Waals surface area (Å²) in [6, 6.07) is 7.53. The third-order valence-electron chi connectivity index (χ3n) is 2.49. The van der Waals surface area contributed by atoms with Gasteiger partial charge in [0.15, 0.2) is 0 Å². The average molecular weight is 286 g/mol. The normalized spacial score (nSPS) is 15.2. The Morgan fingerprint density at radius 3 is 2.56 bits per heavy atom. The Morgan fingerprint density at radius 1 is 1.44 bits per heavy atom. The fourth-order valence-corrected chi connectivity index (χ4v) is 2.57. The van der Waals surface area contributed by atoms with Crippen molar-refractivity contribution in [3.63, 3.8) is 0 Å². The van der Waals surface area contributed by atoms with Gasteiger partial charge in [0.05, 0.1) is 6.04 Å². The summed E-state index contributed by atoms with van der Waals surface area (Å²) in [4.78, 5) is 0. The Balaban J connectivity index is 2.90. The van der Waals surface area contributed by atoms with E-state index in [9.17, 15) is 4.55 Å². The standard InChI is InChI=1S/C14H20ClNOS/c1-5-8-13(16-18(17)14(2,3)4)11-9-6-7-10-12(11)15/h5-7,9-10,13,16H,1,8H2,2-4H3. The largest absolute Gasteiger partial charge is 0.598 e. The minimum absolute atomic E-state index is 0.0729. The van der Waals surface area contributed by atoms with Crippen LogP contribution in [0, 0.1) is 0 Å². The Morgan fingerprint density at radius 2 is 2.06 bits per heavy atom. The molecular formula is C14H20ClNOS. The number of benzene rings is 1. The van der Waals surface area contributed by atoms with E-state index in [0.717, 1.165) is 5.56 Å². The molecule has 0 spiro atoms. The predicted octanol–water partition coefficient (Wildman–Crippen LogP) is 4.01. The van der Waals surface area contributed by atoms with Crippen molar-refractivity contribution in [2.75, 3.05) is 0 Å². The van der Waals surface area contributed by atoms with Crippen LogP contribution in [-0.2, 0) is 11.4 Å². The lowest BCUT2D eigenvalue weighted by molar-refractivity contribution is 0.524. The summed E-state index contributed by atoms with van der Waals surface area (Å²) in [5, 5.41) is 0.683. The first-order chi connectivity index (χ1) is 8.36. The maximum atomic E-state index is 12.2. The fraction of sp³-hybridized carbons (Fsp3) is 0.429.